The van der Waals surface area contributed by atoms with Crippen LogP contribution in [-0.2, 0) is 35.1 Å². The van der Waals surface area contributed by atoms with E-state index in [9.17, 15) is 19.2 Å². The Morgan fingerprint density at radius 2 is 1.74 bits per heavy atom. The molecule has 34 heavy (non-hydrogen) atoms. The Labute approximate surface area is 191 Å². The van der Waals surface area contributed by atoms with Crippen LogP contribution >= 0.6 is 0 Å². The Bertz CT molecular complexity index is 1180. The SMILES string of the molecule is O=C1/C=C\C(=O)O[C@H]2C(O1)[C@@H](COC(=O)c1ccc(CO)cc1)O[C@H]2n1ccc(NO)nc1=O. The highest BCUT2D eigenvalue weighted by Crippen LogP contribution is 2.34. The fourth-order valence-electron chi connectivity index (χ4n) is 3.47. The van der Waals surface area contributed by atoms with E-state index in [4.69, 9.17) is 29.3 Å². The van der Waals surface area contributed by atoms with E-state index in [2.05, 4.69) is 4.98 Å². The molecular formula is C21H19N3O10. The average Bonchev–Trinajstić information content (AvgIpc) is 3.15. The summed E-state index contributed by atoms with van der Waals surface area (Å²) in [4.78, 5) is 52.6. The minimum Gasteiger partial charge on any atom is -0.459 e. The molecule has 3 N–H and O–H groups in total. The Hall–Kier alpha value is -4.07. The van der Waals surface area contributed by atoms with Gasteiger partial charge in [0, 0.05) is 18.3 Å². The number of carbonyl (C=O) groups excluding carboxylic acids is 3. The molecule has 178 valence electrons. The highest BCUT2D eigenvalue weighted by Gasteiger charge is 2.51. The molecule has 2 aliphatic rings. The number of aromatic nitrogens is 2. The molecule has 3 heterocycles. The molecule has 0 saturated carbocycles. The Kier molecular flexibility index (Phi) is 6.67. The van der Waals surface area contributed by atoms with Gasteiger partial charge in [-0.2, -0.15) is 4.98 Å². The summed E-state index contributed by atoms with van der Waals surface area (Å²) in [5.74, 6) is -2.55. The zero-order valence-corrected chi connectivity index (χ0v) is 17.4. The van der Waals surface area contributed by atoms with E-state index in [0.29, 0.717) is 5.56 Å². The van der Waals surface area contributed by atoms with Gasteiger partial charge in [0.05, 0.1) is 12.2 Å². The minimum atomic E-state index is -1.27. The van der Waals surface area contributed by atoms with E-state index in [1.165, 1.54) is 24.4 Å². The third-order valence-electron chi connectivity index (χ3n) is 5.12. The van der Waals surface area contributed by atoms with Gasteiger partial charge in [-0.1, -0.05) is 12.1 Å². The first kappa shape index (κ1) is 23.1. The molecule has 2 aromatic rings. The quantitative estimate of drug-likeness (QED) is 0.284. The number of ether oxygens (including phenoxy) is 4. The third kappa shape index (κ3) is 4.80. The first-order chi connectivity index (χ1) is 16.4. The van der Waals surface area contributed by atoms with Crippen molar-refractivity contribution in [2.75, 3.05) is 12.1 Å². The maximum atomic E-state index is 12.4. The highest BCUT2D eigenvalue weighted by atomic mass is 16.7. The van der Waals surface area contributed by atoms with Crippen LogP contribution in [0.25, 0.3) is 0 Å². The highest BCUT2D eigenvalue weighted by molar-refractivity contribution is 5.92. The number of rotatable bonds is 6. The van der Waals surface area contributed by atoms with E-state index < -0.39 is 54.7 Å². The maximum absolute atomic E-state index is 12.4. The number of aliphatic hydroxyl groups is 1. The number of anilines is 1. The standard InChI is InChI=1S/C21H19N3O10/c25-9-11-1-3-12(4-2-11)20(28)31-10-13-17-18(34-16(27)6-5-15(26)33-17)19(32-13)24-8-7-14(23-30)22-21(24)29/h1-8,13,17-19,25,30H,9-10H2,(H,22,23,29)/b6-5-/t13-,17?,18+,19-/m1/s1. The van der Waals surface area contributed by atoms with Gasteiger partial charge in [0.15, 0.2) is 24.3 Å². The number of esters is 3. The van der Waals surface area contributed by atoms with Crippen molar-refractivity contribution < 1.29 is 43.6 Å². The number of hydrogen-bond acceptors (Lipinski definition) is 12. The number of aliphatic hydroxyl groups excluding tert-OH is 1. The predicted octanol–water partition coefficient (Wildman–Crippen LogP) is -0.316. The lowest BCUT2D eigenvalue weighted by Gasteiger charge is -2.25. The molecule has 1 saturated heterocycles. The van der Waals surface area contributed by atoms with Crippen LogP contribution in [0.2, 0.25) is 0 Å². The fourth-order valence-corrected chi connectivity index (χ4v) is 3.47. The normalized spacial score (nSPS) is 24.8. The molecule has 1 fully saturated rings. The molecule has 0 amide bonds. The van der Waals surface area contributed by atoms with Gasteiger partial charge in [0.1, 0.15) is 12.7 Å². The number of hydrogen-bond donors (Lipinski definition) is 3. The Morgan fingerprint density at radius 1 is 1.06 bits per heavy atom. The second-order valence-corrected chi connectivity index (χ2v) is 7.27. The molecule has 0 aliphatic carbocycles. The van der Waals surface area contributed by atoms with Gasteiger partial charge < -0.3 is 24.1 Å². The lowest BCUT2D eigenvalue weighted by atomic mass is 10.1. The van der Waals surface area contributed by atoms with Crippen LogP contribution in [0.5, 0.6) is 0 Å². The van der Waals surface area contributed by atoms with Crippen LogP contribution in [0.3, 0.4) is 0 Å². The monoisotopic (exact) mass is 473 g/mol. The van der Waals surface area contributed by atoms with Crippen molar-refractivity contribution in [2.45, 2.75) is 31.1 Å². The van der Waals surface area contributed by atoms with E-state index in [1.807, 2.05) is 0 Å². The zero-order chi connectivity index (χ0) is 24.2. The zero-order valence-electron chi connectivity index (χ0n) is 17.4. The molecule has 1 aromatic carbocycles. The van der Waals surface area contributed by atoms with E-state index in [0.717, 1.165) is 16.7 Å². The summed E-state index contributed by atoms with van der Waals surface area (Å²) in [5.41, 5.74) is 1.70. The van der Waals surface area contributed by atoms with Crippen LogP contribution in [0.4, 0.5) is 5.82 Å². The molecule has 13 nitrogen and oxygen atoms in total. The second kappa shape index (κ2) is 9.82. The molecule has 0 bridgehead atoms. The average molecular weight is 473 g/mol. The number of nitrogens with zero attached hydrogens (tertiary/aromatic N) is 2. The molecule has 1 unspecified atom stereocenters. The largest absolute Gasteiger partial charge is 0.459 e. The maximum Gasteiger partial charge on any atom is 0.351 e. The summed E-state index contributed by atoms with van der Waals surface area (Å²) in [5, 5.41) is 18.1. The third-order valence-corrected chi connectivity index (χ3v) is 5.12. The lowest BCUT2D eigenvalue weighted by Crippen LogP contribution is -2.43. The number of nitrogens with one attached hydrogen (secondary N) is 1. The van der Waals surface area contributed by atoms with Gasteiger partial charge in [-0.25, -0.2) is 19.2 Å². The van der Waals surface area contributed by atoms with Crippen LogP contribution in [-0.4, -0.2) is 62.7 Å². The summed E-state index contributed by atoms with van der Waals surface area (Å²) in [6.07, 6.45) is -1.85. The number of fused-ring (bicyclic) bond motifs is 1. The van der Waals surface area contributed by atoms with Gasteiger partial charge in [0.2, 0.25) is 0 Å². The topological polar surface area (TPSA) is 176 Å². The van der Waals surface area contributed by atoms with Crippen molar-refractivity contribution in [3.05, 3.63) is 70.3 Å². The molecule has 1 aromatic heterocycles. The lowest BCUT2D eigenvalue weighted by molar-refractivity contribution is -0.164. The summed E-state index contributed by atoms with van der Waals surface area (Å²) in [7, 11) is 0. The number of benzene rings is 1. The van der Waals surface area contributed by atoms with Crippen molar-refractivity contribution in [2.24, 2.45) is 0 Å². The first-order valence-electron chi connectivity index (χ1n) is 10.0. The summed E-state index contributed by atoms with van der Waals surface area (Å²) < 4.78 is 22.8. The predicted molar refractivity (Wildman–Crippen MR) is 109 cm³/mol. The fraction of sp³-hybridized carbons (Fsp3) is 0.286. The summed E-state index contributed by atoms with van der Waals surface area (Å²) in [6.45, 7) is -0.580. The van der Waals surface area contributed by atoms with Gasteiger partial charge in [-0.05, 0) is 23.8 Å². The van der Waals surface area contributed by atoms with E-state index in [-0.39, 0.29) is 18.0 Å². The van der Waals surface area contributed by atoms with Gasteiger partial charge in [-0.15, -0.1) is 0 Å². The van der Waals surface area contributed by atoms with Crippen LogP contribution in [0, 0.1) is 0 Å². The molecule has 0 spiro atoms. The van der Waals surface area contributed by atoms with Gasteiger partial charge in [0.25, 0.3) is 0 Å². The van der Waals surface area contributed by atoms with Crippen molar-refractivity contribution in [1.82, 2.24) is 9.55 Å². The van der Waals surface area contributed by atoms with Gasteiger partial charge in [-0.3, -0.25) is 15.3 Å². The molecule has 4 atom stereocenters. The van der Waals surface area contributed by atoms with E-state index in [1.54, 1.807) is 17.6 Å². The van der Waals surface area contributed by atoms with Crippen molar-refractivity contribution >= 4 is 23.7 Å². The molecule has 13 heteroatoms. The number of carbonyl (C=O) groups is 3. The molecular weight excluding hydrogens is 454 g/mol. The molecule has 4 rings (SSSR count). The molecule has 0 radical (unpaired) electrons. The Morgan fingerprint density at radius 3 is 2.35 bits per heavy atom. The second-order valence-electron chi connectivity index (χ2n) is 7.27. The van der Waals surface area contributed by atoms with Crippen LogP contribution < -0.4 is 11.2 Å². The van der Waals surface area contributed by atoms with Crippen molar-refractivity contribution in [1.29, 1.82) is 0 Å². The van der Waals surface area contributed by atoms with E-state index >= 15 is 0 Å². The van der Waals surface area contributed by atoms with Crippen LogP contribution in [0.15, 0.2) is 53.5 Å². The van der Waals surface area contributed by atoms with Crippen molar-refractivity contribution in [3.8, 4) is 0 Å². The Balaban J connectivity index is 1.58. The van der Waals surface area contributed by atoms with Crippen LogP contribution in [0.1, 0.15) is 22.1 Å². The summed E-state index contributed by atoms with van der Waals surface area (Å²) in [6, 6.07) is 7.32. The van der Waals surface area contributed by atoms with Gasteiger partial charge >= 0.3 is 23.6 Å². The summed E-state index contributed by atoms with van der Waals surface area (Å²) >= 11 is 0. The smallest absolute Gasteiger partial charge is 0.351 e. The molecule has 2 aliphatic heterocycles. The minimum absolute atomic E-state index is 0.127. The first-order valence-corrected chi connectivity index (χ1v) is 10.0. The van der Waals surface area contributed by atoms with Crippen molar-refractivity contribution in [3.63, 3.8) is 0 Å².